The molecule has 1 aromatic heterocycles. The third-order valence-electron chi connectivity index (χ3n) is 5.55. The maximum Gasteiger partial charge on any atom is 0.327 e. The molecular weight excluding hydrogens is 420 g/mol. The molecule has 8 nitrogen and oxygen atoms in total. The molecule has 3 rings (SSSR count). The van der Waals surface area contributed by atoms with Crippen LogP contribution < -0.4 is 10.2 Å². The normalized spacial score (nSPS) is 18.8. The Morgan fingerprint density at radius 2 is 2.27 bits per heavy atom. The monoisotopic (exact) mass is 450 g/mol. The summed E-state index contributed by atoms with van der Waals surface area (Å²) in [6.07, 6.45) is 6.08. The van der Waals surface area contributed by atoms with Gasteiger partial charge in [-0.05, 0) is 63.3 Å². The number of pyridine rings is 1. The number of ether oxygens (including phenoxy) is 2. The molecule has 1 aromatic rings. The number of hydrogen-bond donors (Lipinski definition) is 1. The highest BCUT2D eigenvalue weighted by Crippen LogP contribution is 2.33. The molecule has 0 bridgehead atoms. The average Bonchev–Trinajstić information content (AvgIpc) is 3.32. The van der Waals surface area contributed by atoms with Crippen LogP contribution in [-0.4, -0.2) is 43.2 Å². The van der Waals surface area contributed by atoms with Gasteiger partial charge in [-0.2, -0.15) is 5.26 Å². The zero-order chi connectivity index (χ0) is 24.0. The van der Waals surface area contributed by atoms with Crippen LogP contribution in [0.5, 0.6) is 0 Å². The van der Waals surface area contributed by atoms with E-state index < -0.39 is 0 Å². The number of hydrogen-bond acceptors (Lipinski definition) is 6. The molecule has 3 heterocycles. The van der Waals surface area contributed by atoms with Gasteiger partial charge in [0.25, 0.3) is 0 Å². The van der Waals surface area contributed by atoms with E-state index in [1.165, 1.54) is 6.08 Å². The zero-order valence-corrected chi connectivity index (χ0v) is 19.4. The van der Waals surface area contributed by atoms with E-state index in [-0.39, 0.29) is 23.6 Å². The van der Waals surface area contributed by atoms with Crippen molar-refractivity contribution in [3.05, 3.63) is 58.6 Å². The number of nitriles is 1. The number of nitrogens with zero attached hydrogens (tertiary/aromatic N) is 3. The minimum atomic E-state index is -0.355. The Hall–Kier alpha value is -3.44. The molecule has 33 heavy (non-hydrogen) atoms. The predicted molar refractivity (Wildman–Crippen MR) is 125 cm³/mol. The number of aldehydes is 1. The molecule has 8 heteroatoms. The number of aromatic nitrogens is 1. The molecule has 0 radical (unpaired) electrons. The molecule has 1 unspecified atom stereocenters. The second kappa shape index (κ2) is 10.9. The van der Waals surface area contributed by atoms with Crippen molar-refractivity contribution in [2.45, 2.75) is 52.1 Å². The van der Waals surface area contributed by atoms with Crippen LogP contribution in [0.3, 0.4) is 0 Å². The molecule has 1 saturated heterocycles. The van der Waals surface area contributed by atoms with E-state index in [9.17, 15) is 14.9 Å². The molecule has 2 aliphatic rings. The first kappa shape index (κ1) is 24.2. The smallest absolute Gasteiger partial charge is 0.327 e. The van der Waals surface area contributed by atoms with Crippen LogP contribution in [0, 0.1) is 11.3 Å². The molecular formula is C25H30N4O4. The van der Waals surface area contributed by atoms with Crippen molar-refractivity contribution in [1.29, 1.82) is 5.26 Å². The summed E-state index contributed by atoms with van der Waals surface area (Å²) < 4.78 is 11.2. The Morgan fingerprint density at radius 1 is 1.48 bits per heavy atom. The standard InChI is InChI=1S/C25H30N4O4/c1-5-18(13-26)23(33-16(2)3)11-17(4)27-25(31)29-9-6-7-19-12-21(20-8-10-32-15-20)22(14-30)28-24(19)29/h5,11-12,14,16,20H,1,6-10,15H2,2-4H3,(H,27,31)/b17-11+,23-18-. The fraction of sp³-hybridized carbons (Fsp3) is 0.440. The molecule has 2 amide bonds. The summed E-state index contributed by atoms with van der Waals surface area (Å²) in [4.78, 5) is 31.0. The fourth-order valence-corrected chi connectivity index (χ4v) is 4.03. The van der Waals surface area contributed by atoms with Gasteiger partial charge in [-0.25, -0.2) is 9.78 Å². The number of carbonyl (C=O) groups excluding carboxylic acids is 2. The average molecular weight is 451 g/mol. The minimum absolute atomic E-state index is 0.151. The molecule has 0 aromatic carbocycles. The quantitative estimate of drug-likeness (QED) is 0.290. The highest BCUT2D eigenvalue weighted by molar-refractivity contribution is 5.94. The van der Waals surface area contributed by atoms with E-state index >= 15 is 0 Å². The molecule has 1 fully saturated rings. The molecule has 174 valence electrons. The molecule has 1 N–H and O–H groups in total. The Bertz CT molecular complexity index is 1030. The van der Waals surface area contributed by atoms with Crippen LogP contribution in [-0.2, 0) is 15.9 Å². The minimum Gasteiger partial charge on any atom is -0.490 e. The van der Waals surface area contributed by atoms with E-state index in [0.29, 0.717) is 42.7 Å². The van der Waals surface area contributed by atoms with Crippen molar-refractivity contribution >= 4 is 18.1 Å². The summed E-state index contributed by atoms with van der Waals surface area (Å²) in [5.74, 6) is 1.00. The van der Waals surface area contributed by atoms with E-state index in [0.717, 1.165) is 36.7 Å². The van der Waals surface area contributed by atoms with Gasteiger partial charge in [-0.15, -0.1) is 0 Å². The lowest BCUT2D eigenvalue weighted by atomic mass is 9.93. The maximum atomic E-state index is 13.1. The fourth-order valence-electron chi connectivity index (χ4n) is 4.03. The molecule has 0 saturated carbocycles. The third kappa shape index (κ3) is 5.68. The highest BCUT2D eigenvalue weighted by Gasteiger charge is 2.29. The summed E-state index contributed by atoms with van der Waals surface area (Å²) in [6.45, 7) is 10.8. The topological polar surface area (TPSA) is 105 Å². The van der Waals surface area contributed by atoms with Crippen LogP contribution in [0.25, 0.3) is 0 Å². The van der Waals surface area contributed by atoms with Gasteiger partial charge in [0, 0.05) is 30.8 Å². The van der Waals surface area contributed by atoms with Gasteiger partial charge in [0.1, 0.15) is 23.3 Å². The number of carbonyl (C=O) groups is 2. The molecule has 0 aliphatic carbocycles. The maximum absolute atomic E-state index is 13.1. The van der Waals surface area contributed by atoms with Gasteiger partial charge in [-0.3, -0.25) is 9.69 Å². The van der Waals surface area contributed by atoms with Crippen LogP contribution >= 0.6 is 0 Å². The zero-order valence-electron chi connectivity index (χ0n) is 19.4. The van der Waals surface area contributed by atoms with Crippen molar-refractivity contribution in [1.82, 2.24) is 10.3 Å². The van der Waals surface area contributed by atoms with Gasteiger partial charge in [0.15, 0.2) is 6.29 Å². The summed E-state index contributed by atoms with van der Waals surface area (Å²) in [6, 6.07) is 3.70. The Balaban J connectivity index is 1.86. The molecule has 1 atom stereocenters. The first-order chi connectivity index (χ1) is 15.9. The van der Waals surface area contributed by atoms with Crippen molar-refractivity contribution < 1.29 is 19.1 Å². The largest absolute Gasteiger partial charge is 0.490 e. The number of aryl methyl sites for hydroxylation is 1. The number of rotatable bonds is 7. The van der Waals surface area contributed by atoms with Crippen LogP contribution in [0.15, 0.2) is 41.8 Å². The molecule has 2 aliphatic heterocycles. The van der Waals surface area contributed by atoms with Gasteiger partial charge in [0.05, 0.1) is 18.3 Å². The summed E-state index contributed by atoms with van der Waals surface area (Å²) in [5, 5.41) is 12.2. The van der Waals surface area contributed by atoms with Gasteiger partial charge < -0.3 is 14.8 Å². The van der Waals surface area contributed by atoms with Crippen molar-refractivity contribution in [3.63, 3.8) is 0 Å². The SMILES string of the molecule is C=C/C(C#N)=C(\C=C(/C)NC(=O)N1CCCc2cc(C3CCOC3)c(C=O)nc21)OC(C)C. The van der Waals surface area contributed by atoms with Gasteiger partial charge in [-0.1, -0.05) is 6.58 Å². The van der Waals surface area contributed by atoms with Gasteiger partial charge >= 0.3 is 6.03 Å². The summed E-state index contributed by atoms with van der Waals surface area (Å²) in [5.41, 5.74) is 2.99. The first-order valence-electron chi connectivity index (χ1n) is 11.1. The van der Waals surface area contributed by atoms with Crippen LogP contribution in [0.2, 0.25) is 0 Å². The van der Waals surface area contributed by atoms with E-state index in [2.05, 4.69) is 22.9 Å². The van der Waals surface area contributed by atoms with E-state index in [4.69, 9.17) is 9.47 Å². The van der Waals surface area contributed by atoms with Crippen molar-refractivity contribution in [3.8, 4) is 6.07 Å². The summed E-state index contributed by atoms with van der Waals surface area (Å²) >= 11 is 0. The van der Waals surface area contributed by atoms with Gasteiger partial charge in [0.2, 0.25) is 0 Å². The van der Waals surface area contributed by atoms with Crippen molar-refractivity contribution in [2.24, 2.45) is 0 Å². The van der Waals surface area contributed by atoms with Crippen molar-refractivity contribution in [2.75, 3.05) is 24.7 Å². The third-order valence-corrected chi connectivity index (χ3v) is 5.55. The predicted octanol–water partition coefficient (Wildman–Crippen LogP) is 4.15. The summed E-state index contributed by atoms with van der Waals surface area (Å²) in [7, 11) is 0. The highest BCUT2D eigenvalue weighted by atomic mass is 16.5. The number of allylic oxidation sites excluding steroid dienone is 4. The molecule has 0 spiro atoms. The Kier molecular flexibility index (Phi) is 8.01. The van der Waals surface area contributed by atoms with Crippen LogP contribution in [0.1, 0.15) is 61.1 Å². The lowest BCUT2D eigenvalue weighted by Crippen LogP contribution is -2.43. The number of fused-ring (bicyclic) bond motifs is 1. The number of urea groups is 1. The lowest BCUT2D eigenvalue weighted by molar-refractivity contribution is 0.111. The van der Waals surface area contributed by atoms with Crippen LogP contribution in [0.4, 0.5) is 10.6 Å². The Morgan fingerprint density at radius 3 is 2.88 bits per heavy atom. The number of nitrogens with one attached hydrogen (secondary N) is 1. The van der Waals surface area contributed by atoms with E-state index in [1.54, 1.807) is 17.9 Å². The number of anilines is 1. The van der Waals surface area contributed by atoms with E-state index in [1.807, 2.05) is 19.9 Å². The number of amides is 2. The second-order valence-electron chi connectivity index (χ2n) is 8.40. The first-order valence-corrected chi connectivity index (χ1v) is 11.1. The second-order valence-corrected chi connectivity index (χ2v) is 8.40. The Labute approximate surface area is 194 Å². The lowest BCUT2D eigenvalue weighted by Gasteiger charge is -2.30.